The van der Waals surface area contributed by atoms with Gasteiger partial charge in [-0.1, -0.05) is 12.2 Å². The van der Waals surface area contributed by atoms with Gasteiger partial charge in [-0.2, -0.15) is 0 Å². The zero-order valence-electron chi connectivity index (χ0n) is 8.56. The molecule has 15 heavy (non-hydrogen) atoms. The highest BCUT2D eigenvalue weighted by atomic mass is 16.4. The molecule has 0 aliphatic carbocycles. The number of allylic oxidation sites excluding steroid dienone is 1. The lowest BCUT2D eigenvalue weighted by Gasteiger charge is -2.11. The van der Waals surface area contributed by atoms with E-state index in [1.807, 2.05) is 19.1 Å². The Morgan fingerprint density at radius 2 is 2.13 bits per heavy atom. The van der Waals surface area contributed by atoms with E-state index in [0.29, 0.717) is 13.0 Å². The Bertz CT molecular complexity index is 240. The Balaban J connectivity index is 3.76. The molecule has 0 heterocycles. The van der Waals surface area contributed by atoms with Gasteiger partial charge in [0.2, 0.25) is 0 Å². The van der Waals surface area contributed by atoms with E-state index in [1.54, 1.807) is 0 Å². The van der Waals surface area contributed by atoms with Crippen molar-refractivity contribution in [2.24, 2.45) is 0 Å². The standard InChI is InChI=1S/C9H16N2O4/c1-2-3-4-5-10-9(15)11-7(6-12)8(13)14/h2-3,7,12H,4-6H2,1H3,(H,13,14)(H2,10,11,15)/b3-2+. The molecule has 0 bridgehead atoms. The lowest BCUT2D eigenvalue weighted by atomic mass is 10.3. The van der Waals surface area contributed by atoms with Crippen molar-refractivity contribution >= 4 is 12.0 Å². The smallest absolute Gasteiger partial charge is 0.328 e. The maximum absolute atomic E-state index is 11.1. The number of hydrogen-bond donors (Lipinski definition) is 4. The highest BCUT2D eigenvalue weighted by Crippen LogP contribution is 1.83. The number of urea groups is 1. The van der Waals surface area contributed by atoms with Crippen molar-refractivity contribution < 1.29 is 19.8 Å². The average molecular weight is 216 g/mol. The van der Waals surface area contributed by atoms with Gasteiger partial charge in [-0.15, -0.1) is 0 Å². The molecular weight excluding hydrogens is 200 g/mol. The van der Waals surface area contributed by atoms with E-state index in [0.717, 1.165) is 0 Å². The Labute approximate surface area is 88.0 Å². The maximum Gasteiger partial charge on any atom is 0.328 e. The molecule has 2 amide bonds. The first kappa shape index (κ1) is 13.4. The van der Waals surface area contributed by atoms with Gasteiger partial charge >= 0.3 is 12.0 Å². The molecule has 6 nitrogen and oxygen atoms in total. The summed E-state index contributed by atoms with van der Waals surface area (Å²) in [6.45, 7) is 1.66. The van der Waals surface area contributed by atoms with E-state index in [9.17, 15) is 9.59 Å². The number of carbonyl (C=O) groups excluding carboxylic acids is 1. The van der Waals surface area contributed by atoms with Crippen LogP contribution < -0.4 is 10.6 Å². The normalized spacial score (nSPS) is 12.4. The molecule has 0 aromatic rings. The second-order valence-corrected chi connectivity index (χ2v) is 2.83. The number of carboxylic acids is 1. The van der Waals surface area contributed by atoms with Crippen LogP contribution in [0.4, 0.5) is 4.79 Å². The number of hydrogen-bond acceptors (Lipinski definition) is 3. The molecule has 1 unspecified atom stereocenters. The summed E-state index contributed by atoms with van der Waals surface area (Å²) < 4.78 is 0. The van der Waals surface area contributed by atoms with Crippen molar-refractivity contribution in [3.63, 3.8) is 0 Å². The summed E-state index contributed by atoms with van der Waals surface area (Å²) in [6, 6.07) is -1.85. The molecule has 0 aliphatic rings. The van der Waals surface area contributed by atoms with Crippen molar-refractivity contribution in [1.82, 2.24) is 10.6 Å². The van der Waals surface area contributed by atoms with Gasteiger partial charge in [0.1, 0.15) is 0 Å². The summed E-state index contributed by atoms with van der Waals surface area (Å²) in [5.41, 5.74) is 0. The number of aliphatic carboxylic acids is 1. The molecule has 0 aromatic heterocycles. The minimum atomic E-state index is -1.26. The van der Waals surface area contributed by atoms with Crippen LogP contribution in [0.1, 0.15) is 13.3 Å². The van der Waals surface area contributed by atoms with E-state index < -0.39 is 24.6 Å². The Kier molecular flexibility index (Phi) is 7.00. The minimum absolute atomic E-state index is 0.425. The molecule has 0 radical (unpaired) electrons. The van der Waals surface area contributed by atoms with Crippen molar-refractivity contribution in [1.29, 1.82) is 0 Å². The van der Waals surface area contributed by atoms with Gasteiger partial charge < -0.3 is 20.8 Å². The van der Waals surface area contributed by atoms with Crippen LogP contribution in [0.5, 0.6) is 0 Å². The fourth-order valence-corrected chi connectivity index (χ4v) is 0.830. The lowest BCUT2D eigenvalue weighted by molar-refractivity contribution is -0.140. The number of aliphatic hydroxyl groups excluding tert-OH is 1. The number of aliphatic hydroxyl groups is 1. The van der Waals surface area contributed by atoms with Gasteiger partial charge in [-0.25, -0.2) is 9.59 Å². The highest BCUT2D eigenvalue weighted by molar-refractivity contribution is 5.82. The third-order valence-corrected chi connectivity index (χ3v) is 1.62. The van der Waals surface area contributed by atoms with E-state index in [2.05, 4.69) is 10.6 Å². The summed E-state index contributed by atoms with van der Waals surface area (Å²) in [5, 5.41) is 21.7. The molecule has 0 aromatic carbocycles. The third kappa shape index (κ3) is 6.50. The third-order valence-electron chi connectivity index (χ3n) is 1.62. The summed E-state index contributed by atoms with van der Waals surface area (Å²) in [4.78, 5) is 21.5. The van der Waals surface area contributed by atoms with E-state index in [4.69, 9.17) is 10.2 Å². The van der Waals surface area contributed by atoms with Crippen LogP contribution >= 0.6 is 0 Å². The topological polar surface area (TPSA) is 98.7 Å². The average Bonchev–Trinajstić information content (AvgIpc) is 2.20. The second-order valence-electron chi connectivity index (χ2n) is 2.83. The monoisotopic (exact) mass is 216 g/mol. The predicted octanol–water partition coefficient (Wildman–Crippen LogP) is -0.303. The van der Waals surface area contributed by atoms with E-state index in [-0.39, 0.29) is 0 Å². The molecule has 0 saturated carbocycles. The SMILES string of the molecule is C/C=C/CCNC(=O)NC(CO)C(=O)O. The first-order valence-corrected chi connectivity index (χ1v) is 4.61. The van der Waals surface area contributed by atoms with Gasteiger partial charge in [0.15, 0.2) is 6.04 Å². The summed E-state index contributed by atoms with van der Waals surface area (Å²) >= 11 is 0. The Morgan fingerprint density at radius 1 is 1.47 bits per heavy atom. The molecule has 0 fully saturated rings. The summed E-state index contributed by atoms with van der Waals surface area (Å²) in [7, 11) is 0. The Hall–Kier alpha value is -1.56. The molecule has 0 aliphatic heterocycles. The summed E-state index contributed by atoms with van der Waals surface area (Å²) in [6.07, 6.45) is 4.41. The van der Waals surface area contributed by atoms with Crippen LogP contribution in [-0.2, 0) is 4.79 Å². The number of carbonyl (C=O) groups is 2. The van der Waals surface area contributed by atoms with E-state index >= 15 is 0 Å². The van der Waals surface area contributed by atoms with Crippen molar-refractivity contribution in [3.05, 3.63) is 12.2 Å². The molecule has 0 saturated heterocycles. The van der Waals surface area contributed by atoms with Gasteiger partial charge in [0.25, 0.3) is 0 Å². The van der Waals surface area contributed by atoms with Crippen LogP contribution in [-0.4, -0.2) is 41.4 Å². The first-order valence-electron chi connectivity index (χ1n) is 4.61. The van der Waals surface area contributed by atoms with Crippen LogP contribution in [0, 0.1) is 0 Å². The summed E-state index contributed by atoms with van der Waals surface area (Å²) in [5.74, 6) is -1.26. The fraction of sp³-hybridized carbons (Fsp3) is 0.556. The van der Waals surface area contributed by atoms with Gasteiger partial charge in [0, 0.05) is 6.54 Å². The molecule has 6 heteroatoms. The first-order chi connectivity index (χ1) is 7.11. The number of rotatable bonds is 6. The predicted molar refractivity (Wildman–Crippen MR) is 54.5 cm³/mol. The lowest BCUT2D eigenvalue weighted by Crippen LogP contribution is -2.48. The largest absolute Gasteiger partial charge is 0.480 e. The van der Waals surface area contributed by atoms with E-state index in [1.165, 1.54) is 0 Å². The molecule has 1 atom stereocenters. The van der Waals surface area contributed by atoms with Gasteiger partial charge in [-0.05, 0) is 13.3 Å². The molecule has 0 rings (SSSR count). The van der Waals surface area contributed by atoms with Crippen LogP contribution in [0.25, 0.3) is 0 Å². The quantitative estimate of drug-likeness (QED) is 0.362. The fourth-order valence-electron chi connectivity index (χ4n) is 0.830. The van der Waals surface area contributed by atoms with Crippen LogP contribution in [0.3, 0.4) is 0 Å². The van der Waals surface area contributed by atoms with Crippen molar-refractivity contribution in [2.45, 2.75) is 19.4 Å². The van der Waals surface area contributed by atoms with Gasteiger partial charge in [0.05, 0.1) is 6.61 Å². The Morgan fingerprint density at radius 3 is 2.60 bits per heavy atom. The molecule has 4 N–H and O–H groups in total. The van der Waals surface area contributed by atoms with Crippen molar-refractivity contribution in [3.8, 4) is 0 Å². The highest BCUT2D eigenvalue weighted by Gasteiger charge is 2.17. The van der Waals surface area contributed by atoms with Crippen LogP contribution in [0.2, 0.25) is 0 Å². The maximum atomic E-state index is 11.1. The zero-order chi connectivity index (χ0) is 11.7. The number of nitrogens with one attached hydrogen (secondary N) is 2. The van der Waals surface area contributed by atoms with Crippen molar-refractivity contribution in [2.75, 3.05) is 13.2 Å². The second kappa shape index (κ2) is 7.81. The molecule has 86 valence electrons. The number of amides is 2. The molecular formula is C9H16N2O4. The molecule has 0 spiro atoms. The minimum Gasteiger partial charge on any atom is -0.480 e. The van der Waals surface area contributed by atoms with Crippen LogP contribution in [0.15, 0.2) is 12.2 Å². The number of carboxylic acid groups (broad SMARTS) is 1. The van der Waals surface area contributed by atoms with Gasteiger partial charge in [-0.3, -0.25) is 0 Å². The zero-order valence-corrected chi connectivity index (χ0v) is 8.56.